The van der Waals surface area contributed by atoms with Crippen LogP contribution in [0.15, 0.2) is 16.9 Å². The van der Waals surface area contributed by atoms with Crippen LogP contribution in [0, 0.1) is 6.92 Å². The van der Waals surface area contributed by atoms with Gasteiger partial charge in [0.2, 0.25) is 0 Å². The Morgan fingerprint density at radius 2 is 2.31 bits per heavy atom. The van der Waals surface area contributed by atoms with Gasteiger partial charge in [0, 0.05) is 31.8 Å². The van der Waals surface area contributed by atoms with Crippen LogP contribution in [0.2, 0.25) is 5.15 Å². The smallest absolute Gasteiger partial charge is 0.131 e. The van der Waals surface area contributed by atoms with Crippen molar-refractivity contribution in [2.45, 2.75) is 20.0 Å². The Kier molecular flexibility index (Phi) is 3.26. The van der Waals surface area contributed by atoms with Crippen LogP contribution in [0.1, 0.15) is 17.0 Å². The van der Waals surface area contributed by atoms with Crippen molar-refractivity contribution in [1.29, 1.82) is 0 Å². The maximum absolute atomic E-state index is 6.10. The molecule has 2 rings (SSSR count). The van der Waals surface area contributed by atoms with Crippen molar-refractivity contribution in [3.63, 3.8) is 0 Å². The summed E-state index contributed by atoms with van der Waals surface area (Å²) in [6.07, 6.45) is 1.55. The molecule has 0 aliphatic heterocycles. The number of nitrogens with one attached hydrogen (secondary N) is 1. The molecule has 0 amide bonds. The van der Waals surface area contributed by atoms with E-state index < -0.39 is 0 Å². The molecule has 1 N–H and O–H groups in total. The molecule has 5 nitrogen and oxygen atoms in total. The second-order valence-electron chi connectivity index (χ2n) is 3.57. The molecule has 0 spiro atoms. The van der Waals surface area contributed by atoms with Crippen LogP contribution in [0.4, 0.5) is 0 Å². The number of rotatable bonds is 4. The number of nitrogens with zero attached hydrogens (tertiary/aromatic N) is 3. The fourth-order valence-electron chi connectivity index (χ4n) is 1.52. The lowest BCUT2D eigenvalue weighted by Gasteiger charge is -2.01. The molecule has 2 heterocycles. The predicted octanol–water partition coefficient (Wildman–Crippen LogP) is 1.66. The van der Waals surface area contributed by atoms with Gasteiger partial charge in [-0.05, 0) is 6.92 Å². The van der Waals surface area contributed by atoms with Crippen LogP contribution in [-0.4, -0.2) is 14.9 Å². The third-order valence-electron chi connectivity index (χ3n) is 2.37. The summed E-state index contributed by atoms with van der Waals surface area (Å²) in [5.74, 6) is 0. The molecule has 16 heavy (non-hydrogen) atoms. The van der Waals surface area contributed by atoms with E-state index in [0.29, 0.717) is 18.2 Å². The van der Waals surface area contributed by atoms with Gasteiger partial charge in [-0.25, -0.2) is 0 Å². The van der Waals surface area contributed by atoms with E-state index in [9.17, 15) is 0 Å². The van der Waals surface area contributed by atoms with E-state index in [0.717, 1.165) is 17.0 Å². The summed E-state index contributed by atoms with van der Waals surface area (Å²) >= 11 is 6.10. The van der Waals surface area contributed by atoms with Crippen molar-refractivity contribution >= 4 is 11.6 Å². The molecule has 0 aliphatic carbocycles. The number of aryl methyl sites for hydroxylation is 2. The molecule has 86 valence electrons. The molecule has 0 unspecified atom stereocenters. The van der Waals surface area contributed by atoms with E-state index in [1.165, 1.54) is 0 Å². The first-order valence-electron chi connectivity index (χ1n) is 4.96. The van der Waals surface area contributed by atoms with E-state index >= 15 is 0 Å². The first-order chi connectivity index (χ1) is 7.68. The molecule has 2 aromatic heterocycles. The Morgan fingerprint density at radius 3 is 2.88 bits per heavy atom. The van der Waals surface area contributed by atoms with Gasteiger partial charge in [-0.3, -0.25) is 4.68 Å². The van der Waals surface area contributed by atoms with E-state index in [1.54, 1.807) is 10.9 Å². The topological polar surface area (TPSA) is 55.9 Å². The lowest BCUT2D eigenvalue weighted by Crippen LogP contribution is -2.13. The minimum absolute atomic E-state index is 0.654. The third kappa shape index (κ3) is 2.25. The van der Waals surface area contributed by atoms with Crippen molar-refractivity contribution in [3.05, 3.63) is 34.4 Å². The Balaban J connectivity index is 1.95. The molecular formula is C10H13ClN4O. The van der Waals surface area contributed by atoms with Crippen LogP contribution >= 0.6 is 11.6 Å². The van der Waals surface area contributed by atoms with Crippen LogP contribution in [0.3, 0.4) is 0 Å². The molecule has 0 saturated heterocycles. The first-order valence-corrected chi connectivity index (χ1v) is 5.34. The second-order valence-corrected chi connectivity index (χ2v) is 3.93. The van der Waals surface area contributed by atoms with Crippen LogP contribution in [-0.2, 0) is 20.1 Å². The summed E-state index contributed by atoms with van der Waals surface area (Å²) in [6, 6.07) is 1.82. The predicted molar refractivity (Wildman–Crippen MR) is 60.0 cm³/mol. The van der Waals surface area contributed by atoms with Gasteiger partial charge in [0.1, 0.15) is 11.4 Å². The van der Waals surface area contributed by atoms with Crippen molar-refractivity contribution in [3.8, 4) is 0 Å². The highest BCUT2D eigenvalue weighted by Gasteiger charge is 2.10. The summed E-state index contributed by atoms with van der Waals surface area (Å²) < 4.78 is 6.41. The van der Waals surface area contributed by atoms with Crippen molar-refractivity contribution in [2.75, 3.05) is 0 Å². The van der Waals surface area contributed by atoms with Gasteiger partial charge in [-0.1, -0.05) is 16.8 Å². The maximum atomic E-state index is 6.10. The van der Waals surface area contributed by atoms with E-state index in [-0.39, 0.29) is 0 Å². The van der Waals surface area contributed by atoms with Crippen LogP contribution in [0.25, 0.3) is 0 Å². The summed E-state index contributed by atoms with van der Waals surface area (Å²) in [5, 5.41) is 12.0. The zero-order valence-electron chi connectivity index (χ0n) is 9.20. The average molecular weight is 241 g/mol. The van der Waals surface area contributed by atoms with E-state index in [2.05, 4.69) is 15.6 Å². The number of halogens is 1. The quantitative estimate of drug-likeness (QED) is 0.883. The van der Waals surface area contributed by atoms with E-state index in [1.807, 2.05) is 20.0 Å². The number of hydrogen-bond donors (Lipinski definition) is 1. The normalized spacial score (nSPS) is 10.9. The second kappa shape index (κ2) is 4.67. The summed E-state index contributed by atoms with van der Waals surface area (Å²) in [5.41, 5.74) is 2.84. The van der Waals surface area contributed by atoms with Gasteiger partial charge in [0.15, 0.2) is 0 Å². The third-order valence-corrected chi connectivity index (χ3v) is 2.84. The number of aromatic nitrogens is 3. The maximum Gasteiger partial charge on any atom is 0.131 e. The minimum atomic E-state index is 0.654. The van der Waals surface area contributed by atoms with Gasteiger partial charge in [-0.2, -0.15) is 5.10 Å². The van der Waals surface area contributed by atoms with Crippen molar-refractivity contribution in [1.82, 2.24) is 20.3 Å². The standard InChI is InChI=1S/C10H13ClN4O/c1-7-9(10(11)15(2)13-7)6-12-5-8-3-4-16-14-8/h3-4,12H,5-6H2,1-2H3. The lowest BCUT2D eigenvalue weighted by atomic mass is 10.2. The van der Waals surface area contributed by atoms with Gasteiger partial charge in [0.05, 0.1) is 11.4 Å². The fourth-order valence-corrected chi connectivity index (χ4v) is 1.76. The average Bonchev–Trinajstić information content (AvgIpc) is 2.82. The van der Waals surface area contributed by atoms with E-state index in [4.69, 9.17) is 16.1 Å². The highest BCUT2D eigenvalue weighted by molar-refractivity contribution is 6.30. The molecule has 0 fully saturated rings. The largest absolute Gasteiger partial charge is 0.364 e. The van der Waals surface area contributed by atoms with Crippen molar-refractivity contribution in [2.24, 2.45) is 7.05 Å². The Morgan fingerprint density at radius 1 is 1.50 bits per heavy atom. The molecule has 6 heteroatoms. The van der Waals surface area contributed by atoms with Crippen molar-refractivity contribution < 1.29 is 4.52 Å². The Hall–Kier alpha value is -1.33. The van der Waals surface area contributed by atoms with Crippen LogP contribution < -0.4 is 5.32 Å². The molecule has 0 aromatic carbocycles. The highest BCUT2D eigenvalue weighted by atomic mass is 35.5. The fraction of sp³-hybridized carbons (Fsp3) is 0.400. The zero-order chi connectivity index (χ0) is 11.5. The first kappa shape index (κ1) is 11.2. The Labute approximate surface area is 98.4 Å². The molecular weight excluding hydrogens is 228 g/mol. The molecule has 0 radical (unpaired) electrons. The minimum Gasteiger partial charge on any atom is -0.364 e. The molecule has 0 aliphatic rings. The SMILES string of the molecule is Cc1nn(C)c(Cl)c1CNCc1ccon1. The number of hydrogen-bond acceptors (Lipinski definition) is 4. The summed E-state index contributed by atoms with van der Waals surface area (Å²) in [6.45, 7) is 3.27. The molecule has 2 aromatic rings. The molecule has 0 atom stereocenters. The van der Waals surface area contributed by atoms with Gasteiger partial charge < -0.3 is 9.84 Å². The van der Waals surface area contributed by atoms with Gasteiger partial charge >= 0.3 is 0 Å². The lowest BCUT2D eigenvalue weighted by molar-refractivity contribution is 0.408. The van der Waals surface area contributed by atoms with Gasteiger partial charge in [0.25, 0.3) is 0 Å². The summed E-state index contributed by atoms with van der Waals surface area (Å²) in [4.78, 5) is 0. The Bertz CT molecular complexity index is 463. The molecule has 0 saturated carbocycles. The molecule has 0 bridgehead atoms. The zero-order valence-corrected chi connectivity index (χ0v) is 9.95. The van der Waals surface area contributed by atoms with Crippen LogP contribution in [0.5, 0.6) is 0 Å². The monoisotopic (exact) mass is 240 g/mol. The summed E-state index contributed by atoms with van der Waals surface area (Å²) in [7, 11) is 1.83. The van der Waals surface area contributed by atoms with Gasteiger partial charge in [-0.15, -0.1) is 0 Å². The highest BCUT2D eigenvalue weighted by Crippen LogP contribution is 2.18.